The lowest BCUT2D eigenvalue weighted by Gasteiger charge is -2.18. The van der Waals surface area contributed by atoms with E-state index in [0.717, 1.165) is 116 Å². The molecule has 0 bridgehead atoms. The average molecular weight is 875 g/mol. The summed E-state index contributed by atoms with van der Waals surface area (Å²) in [6.07, 6.45) is 66.8. The standard InChI is InChI=1S/C57H94O6/c1-4-7-10-13-16-19-22-25-27-28-30-33-36-39-42-45-48-51-57(60)63-54(52-61-55(58)49-46-43-40-37-34-31-24-21-18-15-12-9-6-3)53-62-56(59)50-47-44-41-38-35-32-29-26-23-20-17-14-11-8-5-2/h8,11,16-17,19-21,24-27,29-30,33,39,42,54H,4-7,9-10,12-15,18,22-23,28,31-32,34-38,40-41,43-53H2,1-3H3/b11-8-,19-16-,20-17-,24-21-,27-25-,29-26-,33-30-,42-39-/t54-/m0/s1. The highest BCUT2D eigenvalue weighted by Gasteiger charge is 2.19. The summed E-state index contributed by atoms with van der Waals surface area (Å²) in [5, 5.41) is 0. The van der Waals surface area contributed by atoms with Crippen molar-refractivity contribution in [2.45, 2.75) is 232 Å². The van der Waals surface area contributed by atoms with Gasteiger partial charge < -0.3 is 14.2 Å². The number of carbonyl (C=O) groups is 3. The first-order valence-corrected chi connectivity index (χ1v) is 25.7. The highest BCUT2D eigenvalue weighted by atomic mass is 16.6. The lowest BCUT2D eigenvalue weighted by Crippen LogP contribution is -2.30. The van der Waals surface area contributed by atoms with E-state index < -0.39 is 6.10 Å². The molecule has 0 spiro atoms. The van der Waals surface area contributed by atoms with Crippen molar-refractivity contribution in [3.63, 3.8) is 0 Å². The maximum atomic E-state index is 12.8. The Kier molecular flexibility index (Phi) is 48.0. The number of carbonyl (C=O) groups excluding carboxylic acids is 3. The van der Waals surface area contributed by atoms with Gasteiger partial charge in [-0.25, -0.2) is 0 Å². The monoisotopic (exact) mass is 875 g/mol. The van der Waals surface area contributed by atoms with Crippen LogP contribution in [0, 0.1) is 0 Å². The molecule has 0 aliphatic rings. The number of esters is 3. The molecule has 0 unspecified atom stereocenters. The number of rotatable bonds is 45. The van der Waals surface area contributed by atoms with E-state index in [2.05, 4.69) is 118 Å². The van der Waals surface area contributed by atoms with Crippen LogP contribution in [0.3, 0.4) is 0 Å². The summed E-state index contributed by atoms with van der Waals surface area (Å²) in [6, 6.07) is 0. The number of allylic oxidation sites excluding steroid dienone is 16. The molecule has 6 nitrogen and oxygen atoms in total. The molecule has 6 heteroatoms. The van der Waals surface area contributed by atoms with E-state index in [4.69, 9.17) is 14.2 Å². The lowest BCUT2D eigenvalue weighted by molar-refractivity contribution is -0.167. The van der Waals surface area contributed by atoms with E-state index in [1.807, 2.05) is 0 Å². The molecular formula is C57H94O6. The summed E-state index contributed by atoms with van der Waals surface area (Å²) in [6.45, 7) is 6.40. The first-order chi connectivity index (χ1) is 31.0. The van der Waals surface area contributed by atoms with Gasteiger partial charge in [0.05, 0.1) is 0 Å². The van der Waals surface area contributed by atoms with Crippen molar-refractivity contribution in [2.24, 2.45) is 0 Å². The summed E-state index contributed by atoms with van der Waals surface area (Å²) in [7, 11) is 0. The largest absolute Gasteiger partial charge is 0.462 e. The molecule has 0 aromatic rings. The fourth-order valence-electron chi connectivity index (χ4n) is 6.68. The topological polar surface area (TPSA) is 78.9 Å². The maximum Gasteiger partial charge on any atom is 0.306 e. The summed E-state index contributed by atoms with van der Waals surface area (Å²) < 4.78 is 16.7. The van der Waals surface area contributed by atoms with E-state index in [9.17, 15) is 14.4 Å². The normalized spacial score (nSPS) is 12.9. The average Bonchev–Trinajstić information content (AvgIpc) is 3.28. The van der Waals surface area contributed by atoms with Gasteiger partial charge in [0, 0.05) is 19.3 Å². The van der Waals surface area contributed by atoms with E-state index in [-0.39, 0.29) is 37.5 Å². The van der Waals surface area contributed by atoms with Gasteiger partial charge in [0.25, 0.3) is 0 Å². The highest BCUT2D eigenvalue weighted by Crippen LogP contribution is 2.12. The van der Waals surface area contributed by atoms with Gasteiger partial charge in [-0.15, -0.1) is 0 Å². The summed E-state index contributed by atoms with van der Waals surface area (Å²) in [5.74, 6) is -0.997. The highest BCUT2D eigenvalue weighted by molar-refractivity contribution is 5.71. The fraction of sp³-hybridized carbons (Fsp3) is 0.667. The quantitative estimate of drug-likeness (QED) is 0.0262. The van der Waals surface area contributed by atoms with E-state index in [0.29, 0.717) is 19.3 Å². The Morgan fingerprint density at radius 2 is 0.635 bits per heavy atom. The van der Waals surface area contributed by atoms with Gasteiger partial charge in [-0.05, 0) is 116 Å². The van der Waals surface area contributed by atoms with Gasteiger partial charge in [0.15, 0.2) is 6.10 Å². The van der Waals surface area contributed by atoms with Gasteiger partial charge in [0.1, 0.15) is 13.2 Å². The van der Waals surface area contributed by atoms with E-state index in [1.165, 1.54) is 64.2 Å². The summed E-state index contributed by atoms with van der Waals surface area (Å²) in [4.78, 5) is 37.9. The van der Waals surface area contributed by atoms with Crippen molar-refractivity contribution in [1.82, 2.24) is 0 Å². The second kappa shape index (κ2) is 51.0. The van der Waals surface area contributed by atoms with Crippen molar-refractivity contribution in [3.8, 4) is 0 Å². The zero-order valence-corrected chi connectivity index (χ0v) is 40.8. The van der Waals surface area contributed by atoms with Crippen molar-refractivity contribution in [2.75, 3.05) is 13.2 Å². The van der Waals surface area contributed by atoms with Crippen LogP contribution >= 0.6 is 0 Å². The molecule has 0 aromatic heterocycles. The molecule has 0 saturated heterocycles. The second-order valence-corrected chi connectivity index (χ2v) is 16.7. The molecule has 0 saturated carbocycles. The molecule has 63 heavy (non-hydrogen) atoms. The van der Waals surface area contributed by atoms with Crippen LogP contribution in [0.4, 0.5) is 0 Å². The van der Waals surface area contributed by atoms with Crippen molar-refractivity contribution < 1.29 is 28.6 Å². The van der Waals surface area contributed by atoms with Gasteiger partial charge in [-0.3, -0.25) is 14.4 Å². The Morgan fingerprint density at radius 1 is 0.333 bits per heavy atom. The van der Waals surface area contributed by atoms with Gasteiger partial charge in [-0.2, -0.15) is 0 Å². The smallest absolute Gasteiger partial charge is 0.306 e. The van der Waals surface area contributed by atoms with Crippen LogP contribution in [0.2, 0.25) is 0 Å². The molecule has 0 N–H and O–H groups in total. The van der Waals surface area contributed by atoms with Crippen molar-refractivity contribution in [1.29, 1.82) is 0 Å². The molecule has 0 rings (SSSR count). The minimum atomic E-state index is -0.817. The zero-order chi connectivity index (χ0) is 45.8. The van der Waals surface area contributed by atoms with Crippen molar-refractivity contribution in [3.05, 3.63) is 97.2 Å². The van der Waals surface area contributed by atoms with Gasteiger partial charge >= 0.3 is 17.9 Å². The SMILES string of the molecule is CC/C=C\C/C=C\C/C=C\CCCCCCCC(=O)OC[C@H](COC(=O)CCCCCCC/C=C\CCCCCC)OC(=O)CCC/C=C\C/C=C\C/C=C\C/C=C\CCCCC. The maximum absolute atomic E-state index is 12.8. The molecule has 0 fully saturated rings. The predicted octanol–water partition coefficient (Wildman–Crippen LogP) is 17.0. The molecule has 358 valence electrons. The van der Waals surface area contributed by atoms with Gasteiger partial charge in [-0.1, -0.05) is 189 Å². The lowest BCUT2D eigenvalue weighted by atomic mass is 10.1. The molecule has 1 atom stereocenters. The fourth-order valence-corrected chi connectivity index (χ4v) is 6.68. The van der Waals surface area contributed by atoms with Crippen LogP contribution in [0.5, 0.6) is 0 Å². The van der Waals surface area contributed by atoms with Gasteiger partial charge in [0.2, 0.25) is 0 Å². The molecule has 0 amide bonds. The molecule has 0 radical (unpaired) electrons. The van der Waals surface area contributed by atoms with Crippen LogP contribution in [0.1, 0.15) is 226 Å². The minimum absolute atomic E-state index is 0.110. The molecule has 0 aromatic carbocycles. The molecule has 0 aliphatic carbocycles. The molecule has 0 aliphatic heterocycles. The predicted molar refractivity (Wildman–Crippen MR) is 270 cm³/mol. The Morgan fingerprint density at radius 3 is 1.06 bits per heavy atom. The Hall–Kier alpha value is -3.67. The summed E-state index contributed by atoms with van der Waals surface area (Å²) >= 11 is 0. The summed E-state index contributed by atoms with van der Waals surface area (Å²) in [5.41, 5.74) is 0. The molecule has 0 heterocycles. The minimum Gasteiger partial charge on any atom is -0.462 e. The van der Waals surface area contributed by atoms with E-state index >= 15 is 0 Å². The first-order valence-electron chi connectivity index (χ1n) is 25.7. The number of unbranched alkanes of at least 4 members (excludes halogenated alkanes) is 18. The third-order valence-electron chi connectivity index (χ3n) is 10.5. The first kappa shape index (κ1) is 59.3. The Balaban J connectivity index is 4.53. The third kappa shape index (κ3) is 49.2. The van der Waals surface area contributed by atoms with Crippen LogP contribution in [0.15, 0.2) is 97.2 Å². The zero-order valence-electron chi connectivity index (χ0n) is 40.8. The number of hydrogen-bond acceptors (Lipinski definition) is 6. The second-order valence-electron chi connectivity index (χ2n) is 16.7. The van der Waals surface area contributed by atoms with Crippen LogP contribution in [-0.4, -0.2) is 37.2 Å². The Labute approximate surface area is 387 Å². The van der Waals surface area contributed by atoms with Crippen molar-refractivity contribution >= 4 is 17.9 Å². The number of ether oxygens (including phenoxy) is 3. The van der Waals surface area contributed by atoms with Crippen LogP contribution in [-0.2, 0) is 28.6 Å². The molecular weight excluding hydrogens is 781 g/mol. The number of hydrogen-bond donors (Lipinski definition) is 0. The third-order valence-corrected chi connectivity index (χ3v) is 10.5. The Bertz CT molecular complexity index is 1280. The van der Waals surface area contributed by atoms with Crippen LogP contribution < -0.4 is 0 Å². The van der Waals surface area contributed by atoms with Crippen LogP contribution in [0.25, 0.3) is 0 Å². The van der Waals surface area contributed by atoms with E-state index in [1.54, 1.807) is 0 Å².